The molecule has 4 aromatic rings. The van der Waals surface area contributed by atoms with Gasteiger partial charge < -0.3 is 9.47 Å². The van der Waals surface area contributed by atoms with E-state index in [1.807, 2.05) is 6.92 Å². The molecule has 35 heavy (non-hydrogen) atoms. The third-order valence-corrected chi connectivity index (χ3v) is 7.49. The molecule has 0 fully saturated rings. The highest BCUT2D eigenvalue weighted by Gasteiger charge is 2.34. The van der Waals surface area contributed by atoms with Crippen LogP contribution >= 0.6 is 0 Å². The van der Waals surface area contributed by atoms with Crippen LogP contribution in [-0.4, -0.2) is 62.6 Å². The Bertz CT molecular complexity index is 1390. The molecule has 0 aromatic carbocycles. The molecular weight excluding hydrogens is 470 g/mol. The fraction of sp³-hybridized carbons (Fsp3) is 0.304. The maximum absolute atomic E-state index is 13.5. The van der Waals surface area contributed by atoms with E-state index in [9.17, 15) is 8.42 Å². The fourth-order valence-electron chi connectivity index (χ4n) is 3.55. The molecule has 0 N–H and O–H groups in total. The topological polar surface area (TPSA) is 135 Å². The Kier molecular flexibility index (Phi) is 7.12. The lowest BCUT2D eigenvalue weighted by Crippen LogP contribution is -2.30. The van der Waals surface area contributed by atoms with Crippen molar-refractivity contribution in [2.45, 2.75) is 31.0 Å². The Morgan fingerprint density at radius 3 is 2.40 bits per heavy atom. The highest BCUT2D eigenvalue weighted by atomic mass is 32.2. The van der Waals surface area contributed by atoms with E-state index in [4.69, 9.17) is 9.47 Å². The van der Waals surface area contributed by atoms with Crippen molar-refractivity contribution in [1.82, 2.24) is 34.7 Å². The molecule has 2 atom stereocenters. The minimum absolute atomic E-state index is 0.224. The van der Waals surface area contributed by atoms with Gasteiger partial charge in [-0.1, -0.05) is 6.07 Å². The summed E-state index contributed by atoms with van der Waals surface area (Å²) < 4.78 is 39.4. The van der Waals surface area contributed by atoms with Gasteiger partial charge in [0.1, 0.15) is 17.6 Å². The lowest BCUT2D eigenvalue weighted by atomic mass is 10.2. The van der Waals surface area contributed by atoms with Crippen molar-refractivity contribution >= 4 is 9.84 Å². The van der Waals surface area contributed by atoms with Crippen LogP contribution in [0.2, 0.25) is 0 Å². The molecule has 0 bridgehead atoms. The van der Waals surface area contributed by atoms with Gasteiger partial charge in [0.25, 0.3) is 0 Å². The number of sulfone groups is 1. The molecule has 0 radical (unpaired) electrons. The zero-order valence-corrected chi connectivity index (χ0v) is 20.5. The van der Waals surface area contributed by atoms with Crippen LogP contribution in [0.5, 0.6) is 5.88 Å². The summed E-state index contributed by atoms with van der Waals surface area (Å²) in [5, 5.41) is 7.54. The molecule has 0 spiro atoms. The normalized spacial score (nSPS) is 13.4. The number of aromatic nitrogens is 7. The highest BCUT2D eigenvalue weighted by Crippen LogP contribution is 2.28. The predicted molar refractivity (Wildman–Crippen MR) is 128 cm³/mol. The second-order valence-corrected chi connectivity index (χ2v) is 10.2. The van der Waals surface area contributed by atoms with Crippen LogP contribution in [-0.2, 0) is 20.3 Å². The van der Waals surface area contributed by atoms with Gasteiger partial charge in [0.2, 0.25) is 5.88 Å². The Morgan fingerprint density at radius 1 is 1.03 bits per heavy atom. The van der Waals surface area contributed by atoms with Gasteiger partial charge in [-0.2, -0.15) is 0 Å². The van der Waals surface area contributed by atoms with Gasteiger partial charge in [-0.05, 0) is 37.6 Å². The third-order valence-electron chi connectivity index (χ3n) is 5.45. The molecule has 182 valence electrons. The monoisotopic (exact) mass is 495 g/mol. The second-order valence-electron chi connectivity index (χ2n) is 7.83. The molecule has 11 nitrogen and oxygen atoms in total. The van der Waals surface area contributed by atoms with E-state index in [1.54, 1.807) is 66.6 Å². The van der Waals surface area contributed by atoms with Gasteiger partial charge in [0, 0.05) is 38.0 Å². The number of aryl methyl sites for hydroxylation is 1. The molecule has 0 saturated carbocycles. The van der Waals surface area contributed by atoms with Crippen LogP contribution in [0.4, 0.5) is 0 Å². The summed E-state index contributed by atoms with van der Waals surface area (Å²) in [7, 11) is -0.831. The summed E-state index contributed by atoms with van der Waals surface area (Å²) in [6, 6.07) is 8.72. The van der Waals surface area contributed by atoms with Crippen LogP contribution in [0.15, 0.2) is 55.1 Å². The molecule has 4 rings (SSSR count). The van der Waals surface area contributed by atoms with Gasteiger partial charge in [-0.25, -0.2) is 23.4 Å². The first kappa shape index (κ1) is 24.4. The summed E-state index contributed by atoms with van der Waals surface area (Å²) in [5.74, 6) is 0.904. The first-order valence-electron chi connectivity index (χ1n) is 10.7. The highest BCUT2D eigenvalue weighted by molar-refractivity contribution is 7.91. The summed E-state index contributed by atoms with van der Waals surface area (Å²) >= 11 is 0. The molecule has 0 aliphatic heterocycles. The van der Waals surface area contributed by atoms with Crippen molar-refractivity contribution in [3.63, 3.8) is 0 Å². The second kappa shape index (κ2) is 10.2. The largest absolute Gasteiger partial charge is 0.481 e. The number of hydrogen-bond donors (Lipinski definition) is 0. The summed E-state index contributed by atoms with van der Waals surface area (Å²) in [6.45, 7) is 3.43. The van der Waals surface area contributed by atoms with Crippen molar-refractivity contribution in [2.24, 2.45) is 0 Å². The van der Waals surface area contributed by atoms with Crippen molar-refractivity contribution < 1.29 is 17.9 Å². The number of ether oxygens (including phenoxy) is 2. The molecule has 0 unspecified atom stereocenters. The molecule has 4 aromatic heterocycles. The van der Waals surface area contributed by atoms with Crippen molar-refractivity contribution in [3.05, 3.63) is 72.3 Å². The van der Waals surface area contributed by atoms with Gasteiger partial charge in [0.15, 0.2) is 27.3 Å². The van der Waals surface area contributed by atoms with Gasteiger partial charge in [0.05, 0.1) is 18.0 Å². The van der Waals surface area contributed by atoms with Crippen LogP contribution in [0.1, 0.15) is 30.2 Å². The minimum Gasteiger partial charge on any atom is -0.481 e. The Labute approximate surface area is 203 Å². The van der Waals surface area contributed by atoms with Crippen LogP contribution < -0.4 is 4.74 Å². The van der Waals surface area contributed by atoms with Crippen molar-refractivity contribution in [3.8, 4) is 23.1 Å². The van der Waals surface area contributed by atoms with Gasteiger partial charge >= 0.3 is 0 Å². The molecule has 0 amide bonds. The molecule has 4 heterocycles. The van der Waals surface area contributed by atoms with E-state index in [2.05, 4.69) is 30.1 Å². The van der Waals surface area contributed by atoms with Crippen molar-refractivity contribution in [2.75, 3.05) is 14.2 Å². The lowest BCUT2D eigenvalue weighted by Gasteiger charge is -2.21. The summed E-state index contributed by atoms with van der Waals surface area (Å²) in [6.07, 6.45) is 5.61. The molecular formula is C23H25N7O4S. The Morgan fingerprint density at radius 2 is 1.74 bits per heavy atom. The van der Waals surface area contributed by atoms with Crippen molar-refractivity contribution in [1.29, 1.82) is 0 Å². The van der Waals surface area contributed by atoms with E-state index >= 15 is 0 Å². The summed E-state index contributed by atoms with van der Waals surface area (Å²) in [4.78, 5) is 17.0. The van der Waals surface area contributed by atoms with Gasteiger partial charge in [-0.3, -0.25) is 9.55 Å². The molecule has 0 saturated heterocycles. The number of rotatable bonds is 9. The Hall–Kier alpha value is -3.77. The first-order chi connectivity index (χ1) is 16.8. The standard InChI is InChI=1S/C23H25N7O4S/c1-15-12-25-22(26-13-15)21(34-4)16(2)35(31,32)14-19-28-29-23(18-6-5-7-20(27-18)33-3)30(19)17-8-10-24-11-9-17/h5-13,16,21H,14H2,1-4H3/t16-,21-/m0/s1. The maximum Gasteiger partial charge on any atom is 0.213 e. The zero-order valence-electron chi connectivity index (χ0n) is 19.7. The van der Waals surface area contributed by atoms with Crippen LogP contribution in [0.25, 0.3) is 17.2 Å². The molecule has 0 aliphatic rings. The van der Waals surface area contributed by atoms with E-state index in [-0.39, 0.29) is 11.6 Å². The zero-order chi connectivity index (χ0) is 25.0. The number of nitrogens with zero attached hydrogens (tertiary/aromatic N) is 7. The number of methoxy groups -OCH3 is 2. The molecule has 12 heteroatoms. The van der Waals surface area contributed by atoms with Crippen LogP contribution in [0.3, 0.4) is 0 Å². The average Bonchev–Trinajstić information content (AvgIpc) is 3.29. The first-order valence-corrected chi connectivity index (χ1v) is 12.4. The van der Waals surface area contributed by atoms with E-state index in [0.717, 1.165) is 5.56 Å². The van der Waals surface area contributed by atoms with E-state index in [0.29, 0.717) is 28.9 Å². The predicted octanol–water partition coefficient (Wildman–Crippen LogP) is 2.52. The average molecular weight is 496 g/mol. The Balaban J connectivity index is 1.74. The lowest BCUT2D eigenvalue weighted by molar-refractivity contribution is 0.0947. The minimum atomic E-state index is -3.78. The smallest absolute Gasteiger partial charge is 0.213 e. The van der Waals surface area contributed by atoms with E-state index < -0.39 is 21.2 Å². The third kappa shape index (κ3) is 5.17. The SMILES string of the molecule is COc1cccc(-c2nnc(CS(=O)(=O)[C@@H](C)[C@H](OC)c3ncc(C)cn3)n2-c2ccncc2)n1. The number of pyridine rings is 2. The van der Waals surface area contributed by atoms with Gasteiger partial charge in [-0.15, -0.1) is 10.2 Å². The number of hydrogen-bond acceptors (Lipinski definition) is 10. The maximum atomic E-state index is 13.5. The van der Waals surface area contributed by atoms with Crippen LogP contribution in [0, 0.1) is 6.92 Å². The van der Waals surface area contributed by atoms with E-state index in [1.165, 1.54) is 14.2 Å². The molecule has 0 aliphatic carbocycles. The quantitative estimate of drug-likeness (QED) is 0.341. The fourth-order valence-corrected chi connectivity index (χ4v) is 4.97. The summed E-state index contributed by atoms with van der Waals surface area (Å²) in [5.41, 5.74) is 1.99.